The molecule has 0 saturated carbocycles. The summed E-state index contributed by atoms with van der Waals surface area (Å²) in [7, 11) is 0. The molecule has 4 nitrogen and oxygen atoms in total. The van der Waals surface area contributed by atoms with Crippen LogP contribution in [0.4, 0.5) is 0 Å². The molecule has 0 aliphatic carbocycles. The Balaban J connectivity index is 1.36. The van der Waals surface area contributed by atoms with Crippen LogP contribution in [0.2, 0.25) is 5.02 Å². The summed E-state index contributed by atoms with van der Waals surface area (Å²) in [5.74, 6) is -1.94. The average molecular weight is 626 g/mol. The molecule has 43 heavy (non-hydrogen) atoms. The molecule has 0 radical (unpaired) electrons. The van der Waals surface area contributed by atoms with E-state index < -0.39 is 5.96 Å². The van der Waals surface area contributed by atoms with E-state index in [9.17, 15) is 0 Å². The van der Waals surface area contributed by atoms with Gasteiger partial charge in [0.1, 0.15) is 0 Å². The molecular formula is C36H31Cl2N2O2P. The third-order valence-corrected chi connectivity index (χ3v) is 15.0. The Morgan fingerprint density at radius 1 is 0.698 bits per heavy atom. The van der Waals surface area contributed by atoms with E-state index in [1.165, 1.54) is 0 Å². The second-order valence-electron chi connectivity index (χ2n) is 10.8. The molecule has 0 spiro atoms. The number of ether oxygens (including phenoxy) is 1. The van der Waals surface area contributed by atoms with Crippen LogP contribution >= 0.6 is 28.8 Å². The standard InChI is InChI=1S/C36H31Cl2N2O2P/c1-26(2)41-34-23-22-29(24-33(34)37)35-39-36(42-40-35)28-20-18-27(19-21-28)25-43(38,30-12-6-3-7-13-30,31-14-8-4-9-15-31)32-16-10-5-11-17-32/h3-24,26H,25H2,1-2H3. The van der Waals surface area contributed by atoms with Crippen LogP contribution in [0.1, 0.15) is 19.4 Å². The van der Waals surface area contributed by atoms with Gasteiger partial charge in [-0.15, -0.1) is 0 Å². The fraction of sp³-hybridized carbons (Fsp3) is 0.111. The van der Waals surface area contributed by atoms with E-state index in [-0.39, 0.29) is 6.10 Å². The normalized spacial score (nSPS) is 12.5. The van der Waals surface area contributed by atoms with Crippen molar-refractivity contribution in [3.05, 3.63) is 144 Å². The Morgan fingerprint density at radius 3 is 1.70 bits per heavy atom. The summed E-state index contributed by atoms with van der Waals surface area (Å²) in [6.07, 6.45) is 0.668. The van der Waals surface area contributed by atoms with Gasteiger partial charge in [0.15, 0.2) is 0 Å². The van der Waals surface area contributed by atoms with Crippen LogP contribution in [0.5, 0.6) is 5.75 Å². The van der Waals surface area contributed by atoms with Crippen molar-refractivity contribution < 1.29 is 9.26 Å². The number of hydrogen-bond donors (Lipinski definition) is 0. The van der Waals surface area contributed by atoms with Crippen LogP contribution in [0.15, 0.2) is 138 Å². The van der Waals surface area contributed by atoms with Gasteiger partial charge in [-0.05, 0) is 13.8 Å². The fourth-order valence-electron chi connectivity index (χ4n) is 5.48. The van der Waals surface area contributed by atoms with Gasteiger partial charge in [-0.3, -0.25) is 0 Å². The first-order chi connectivity index (χ1) is 20.8. The minimum atomic E-state index is -3.45. The SMILES string of the molecule is CC(C)Oc1ccc(-c2noc(-c3ccc(CP(Cl)(c4ccccc4)(c4ccccc4)c4ccccc4)cc3)n2)cc1Cl. The molecule has 0 aliphatic rings. The molecule has 0 amide bonds. The van der Waals surface area contributed by atoms with Gasteiger partial charge >= 0.3 is 238 Å². The number of rotatable bonds is 9. The third-order valence-electron chi connectivity index (χ3n) is 7.54. The number of nitrogens with zero attached hydrogens (tertiary/aromatic N) is 2. The van der Waals surface area contributed by atoms with Gasteiger partial charge < -0.3 is 4.74 Å². The first-order valence-electron chi connectivity index (χ1n) is 14.1. The van der Waals surface area contributed by atoms with E-state index >= 15 is 0 Å². The molecule has 216 valence electrons. The molecule has 0 fully saturated rings. The number of hydrogen-bond acceptors (Lipinski definition) is 4. The fourth-order valence-corrected chi connectivity index (χ4v) is 11.9. The van der Waals surface area contributed by atoms with Crippen molar-refractivity contribution in [2.45, 2.75) is 26.1 Å². The molecule has 6 aromatic rings. The van der Waals surface area contributed by atoms with Crippen LogP contribution in [-0.4, -0.2) is 16.2 Å². The third kappa shape index (κ3) is 5.59. The second-order valence-corrected chi connectivity index (χ2v) is 17.7. The Kier molecular flexibility index (Phi) is 8.11. The first kappa shape index (κ1) is 29.1. The quantitative estimate of drug-likeness (QED) is 0.151. The van der Waals surface area contributed by atoms with E-state index in [0.29, 0.717) is 28.6 Å². The zero-order valence-electron chi connectivity index (χ0n) is 23.9. The zero-order chi connectivity index (χ0) is 29.9. The van der Waals surface area contributed by atoms with E-state index in [2.05, 4.69) is 95.1 Å². The van der Waals surface area contributed by atoms with Gasteiger partial charge in [-0.2, -0.15) is 0 Å². The van der Waals surface area contributed by atoms with Crippen LogP contribution in [0, 0.1) is 0 Å². The molecule has 0 atom stereocenters. The number of benzene rings is 5. The Hall–Kier alpha value is -3.95. The number of aromatic nitrogens is 2. The van der Waals surface area contributed by atoms with E-state index in [0.717, 1.165) is 32.6 Å². The van der Waals surface area contributed by atoms with Gasteiger partial charge in [0.25, 0.3) is 0 Å². The first-order valence-corrected chi connectivity index (χ1v) is 17.8. The van der Waals surface area contributed by atoms with E-state index in [1.54, 1.807) is 6.07 Å². The molecule has 1 aromatic heterocycles. The molecular weight excluding hydrogens is 594 g/mol. The van der Waals surface area contributed by atoms with Crippen molar-refractivity contribution >= 4 is 44.7 Å². The van der Waals surface area contributed by atoms with Crippen molar-refractivity contribution in [1.82, 2.24) is 10.1 Å². The summed E-state index contributed by atoms with van der Waals surface area (Å²) in [5, 5.41) is 8.09. The van der Waals surface area contributed by atoms with Gasteiger partial charge in [-0.25, -0.2) is 0 Å². The van der Waals surface area contributed by atoms with Gasteiger partial charge in [0, 0.05) is 0 Å². The summed E-state index contributed by atoms with van der Waals surface area (Å²) in [6, 6.07) is 45.2. The molecule has 0 bridgehead atoms. The predicted molar refractivity (Wildman–Crippen MR) is 181 cm³/mol. The van der Waals surface area contributed by atoms with Crippen LogP contribution in [0.25, 0.3) is 22.8 Å². The predicted octanol–water partition coefficient (Wildman–Crippen LogP) is 9.03. The van der Waals surface area contributed by atoms with Gasteiger partial charge in [0.2, 0.25) is 0 Å². The van der Waals surface area contributed by atoms with E-state index in [1.807, 2.05) is 56.3 Å². The van der Waals surface area contributed by atoms with Crippen molar-refractivity contribution in [3.63, 3.8) is 0 Å². The summed E-state index contributed by atoms with van der Waals surface area (Å²) >= 11 is 14.7. The maximum atomic E-state index is 8.26. The summed E-state index contributed by atoms with van der Waals surface area (Å²) in [5.41, 5.74) is 2.68. The van der Waals surface area contributed by atoms with Crippen molar-refractivity contribution in [2.75, 3.05) is 0 Å². The zero-order valence-corrected chi connectivity index (χ0v) is 26.3. The molecule has 5 aromatic carbocycles. The van der Waals surface area contributed by atoms with Crippen LogP contribution in [-0.2, 0) is 6.16 Å². The minimum absolute atomic E-state index is 0.0255. The second kappa shape index (κ2) is 12.0. The Labute approximate surface area is 262 Å². The van der Waals surface area contributed by atoms with Gasteiger partial charge in [0.05, 0.1) is 6.10 Å². The molecule has 0 saturated heterocycles. The summed E-state index contributed by atoms with van der Waals surface area (Å²) in [6.45, 7) is 3.92. The summed E-state index contributed by atoms with van der Waals surface area (Å²) in [4.78, 5) is 4.65. The van der Waals surface area contributed by atoms with Crippen molar-refractivity contribution in [3.8, 4) is 28.6 Å². The molecule has 0 N–H and O–H groups in total. The molecule has 0 aliphatic heterocycles. The summed E-state index contributed by atoms with van der Waals surface area (Å²) < 4.78 is 11.4. The van der Waals surface area contributed by atoms with E-state index in [4.69, 9.17) is 32.1 Å². The molecule has 7 heteroatoms. The van der Waals surface area contributed by atoms with Gasteiger partial charge in [-0.1, -0.05) is 0 Å². The average Bonchev–Trinajstić information content (AvgIpc) is 3.54. The molecule has 6 rings (SSSR count). The topological polar surface area (TPSA) is 48.2 Å². The Bertz CT molecular complexity index is 1730. The monoisotopic (exact) mass is 624 g/mol. The van der Waals surface area contributed by atoms with Crippen LogP contribution < -0.4 is 20.7 Å². The van der Waals surface area contributed by atoms with Crippen LogP contribution in [0.3, 0.4) is 0 Å². The van der Waals surface area contributed by atoms with Crippen molar-refractivity contribution in [1.29, 1.82) is 0 Å². The molecule has 1 heterocycles. The Morgan fingerprint density at radius 2 is 1.21 bits per heavy atom. The number of halogens is 2. The maximum absolute atomic E-state index is 8.26. The molecule has 0 unspecified atom stereocenters. The van der Waals surface area contributed by atoms with Crippen molar-refractivity contribution in [2.24, 2.45) is 0 Å².